The standard InChI is InChI=1S/C15H29N3O/c1-11-9-19-12(2)8-18(11)15(10-16)6-13-4-5-14(7-15)17(13)3/h11-14H,4-10,16H2,1-3H3. The predicted molar refractivity (Wildman–Crippen MR) is 77.2 cm³/mol. The quantitative estimate of drug-likeness (QED) is 0.812. The molecule has 0 spiro atoms. The largest absolute Gasteiger partial charge is 0.376 e. The fraction of sp³-hybridized carbons (Fsp3) is 1.00. The fourth-order valence-electron chi connectivity index (χ4n) is 4.63. The molecule has 4 nitrogen and oxygen atoms in total. The third kappa shape index (κ3) is 2.23. The van der Waals surface area contributed by atoms with E-state index in [0.29, 0.717) is 12.1 Å². The molecule has 3 saturated heterocycles. The molecule has 19 heavy (non-hydrogen) atoms. The van der Waals surface area contributed by atoms with Crippen molar-refractivity contribution in [2.45, 2.75) is 69.3 Å². The normalized spacial score (nSPS) is 48.6. The summed E-state index contributed by atoms with van der Waals surface area (Å²) in [6.45, 7) is 7.18. The molecule has 4 unspecified atom stereocenters. The lowest BCUT2D eigenvalue weighted by Gasteiger charge is -2.55. The number of fused-ring (bicyclic) bond motifs is 2. The molecule has 0 aromatic carbocycles. The Morgan fingerprint density at radius 1 is 1.21 bits per heavy atom. The summed E-state index contributed by atoms with van der Waals surface area (Å²) in [6, 6.07) is 1.99. The smallest absolute Gasteiger partial charge is 0.0675 e. The van der Waals surface area contributed by atoms with Crippen LogP contribution in [-0.2, 0) is 4.74 Å². The van der Waals surface area contributed by atoms with Crippen LogP contribution in [-0.4, -0.2) is 66.3 Å². The zero-order chi connectivity index (χ0) is 13.6. The number of piperidine rings is 1. The van der Waals surface area contributed by atoms with Gasteiger partial charge >= 0.3 is 0 Å². The first-order chi connectivity index (χ1) is 9.05. The summed E-state index contributed by atoms with van der Waals surface area (Å²) in [5.74, 6) is 0. The van der Waals surface area contributed by atoms with Gasteiger partial charge in [-0.25, -0.2) is 0 Å². The van der Waals surface area contributed by atoms with Crippen molar-refractivity contribution in [2.75, 3.05) is 26.7 Å². The molecule has 2 bridgehead atoms. The van der Waals surface area contributed by atoms with Gasteiger partial charge in [0.15, 0.2) is 0 Å². The van der Waals surface area contributed by atoms with Gasteiger partial charge in [0.2, 0.25) is 0 Å². The third-order valence-corrected chi connectivity index (χ3v) is 5.81. The second kappa shape index (κ2) is 4.99. The number of hydrogen-bond acceptors (Lipinski definition) is 4. The summed E-state index contributed by atoms with van der Waals surface area (Å²) in [4.78, 5) is 5.28. The fourth-order valence-corrected chi connectivity index (χ4v) is 4.63. The highest BCUT2D eigenvalue weighted by molar-refractivity contribution is 5.08. The van der Waals surface area contributed by atoms with Crippen molar-refractivity contribution in [1.29, 1.82) is 0 Å². The maximum absolute atomic E-state index is 6.27. The van der Waals surface area contributed by atoms with E-state index >= 15 is 0 Å². The SMILES string of the molecule is CC1CN(C2(CN)CC3CCC(C2)N3C)C(C)CO1. The van der Waals surface area contributed by atoms with Gasteiger partial charge in [0.05, 0.1) is 12.7 Å². The van der Waals surface area contributed by atoms with Gasteiger partial charge in [0.25, 0.3) is 0 Å². The molecule has 3 rings (SSSR count). The van der Waals surface area contributed by atoms with Crippen molar-refractivity contribution in [3.05, 3.63) is 0 Å². The van der Waals surface area contributed by atoms with Crippen molar-refractivity contribution in [3.8, 4) is 0 Å². The average molecular weight is 267 g/mol. The van der Waals surface area contributed by atoms with E-state index in [1.165, 1.54) is 25.7 Å². The number of morpholine rings is 1. The number of nitrogens with two attached hydrogens (primary N) is 1. The van der Waals surface area contributed by atoms with Gasteiger partial charge in [-0.05, 0) is 46.6 Å². The van der Waals surface area contributed by atoms with Crippen molar-refractivity contribution in [2.24, 2.45) is 5.73 Å². The molecule has 4 atom stereocenters. The first kappa shape index (κ1) is 13.8. The molecule has 110 valence electrons. The molecule has 3 fully saturated rings. The molecular formula is C15H29N3O. The molecule has 0 amide bonds. The van der Waals surface area contributed by atoms with Crippen molar-refractivity contribution < 1.29 is 4.74 Å². The number of rotatable bonds is 2. The Bertz CT molecular complexity index is 321. The molecule has 4 heteroatoms. The molecule has 0 radical (unpaired) electrons. The van der Waals surface area contributed by atoms with Crippen LogP contribution in [0.1, 0.15) is 39.5 Å². The molecule has 0 aromatic rings. The molecule has 0 aromatic heterocycles. The second-order valence-corrected chi connectivity index (χ2v) is 7.03. The zero-order valence-corrected chi connectivity index (χ0v) is 12.6. The van der Waals surface area contributed by atoms with Gasteiger partial charge in [-0.3, -0.25) is 4.90 Å². The second-order valence-electron chi connectivity index (χ2n) is 7.03. The highest BCUT2D eigenvalue weighted by Crippen LogP contribution is 2.43. The van der Waals surface area contributed by atoms with Gasteiger partial charge in [0.1, 0.15) is 0 Å². The van der Waals surface area contributed by atoms with E-state index in [9.17, 15) is 0 Å². The van der Waals surface area contributed by atoms with E-state index in [1.807, 2.05) is 0 Å². The van der Waals surface area contributed by atoms with Crippen molar-refractivity contribution >= 4 is 0 Å². The van der Waals surface area contributed by atoms with E-state index in [-0.39, 0.29) is 5.54 Å². The minimum Gasteiger partial charge on any atom is -0.376 e. The van der Waals surface area contributed by atoms with Gasteiger partial charge in [0, 0.05) is 36.8 Å². The van der Waals surface area contributed by atoms with Crippen LogP contribution < -0.4 is 5.73 Å². The molecular weight excluding hydrogens is 238 g/mol. The number of hydrogen-bond donors (Lipinski definition) is 1. The van der Waals surface area contributed by atoms with Gasteiger partial charge in [-0.2, -0.15) is 0 Å². The lowest BCUT2D eigenvalue weighted by molar-refractivity contribution is -0.113. The minimum atomic E-state index is 0.218. The topological polar surface area (TPSA) is 41.7 Å². The van der Waals surface area contributed by atoms with Crippen molar-refractivity contribution in [3.63, 3.8) is 0 Å². The van der Waals surface area contributed by atoms with Gasteiger partial charge in [-0.1, -0.05) is 0 Å². The summed E-state index contributed by atoms with van der Waals surface area (Å²) < 4.78 is 5.80. The highest BCUT2D eigenvalue weighted by atomic mass is 16.5. The molecule has 3 aliphatic heterocycles. The lowest BCUT2D eigenvalue weighted by atomic mass is 9.80. The van der Waals surface area contributed by atoms with E-state index in [2.05, 4.69) is 30.7 Å². The average Bonchev–Trinajstić information content (AvgIpc) is 2.65. The van der Waals surface area contributed by atoms with Crippen LogP contribution in [0.25, 0.3) is 0 Å². The monoisotopic (exact) mass is 267 g/mol. The molecule has 3 heterocycles. The molecule has 0 aliphatic carbocycles. The van der Waals surface area contributed by atoms with Gasteiger partial charge < -0.3 is 15.4 Å². The first-order valence-corrected chi connectivity index (χ1v) is 7.86. The Balaban J connectivity index is 1.83. The number of ether oxygens (including phenoxy) is 1. The summed E-state index contributed by atoms with van der Waals surface area (Å²) in [7, 11) is 2.30. The van der Waals surface area contributed by atoms with Crippen LogP contribution >= 0.6 is 0 Å². The summed E-state index contributed by atoms with van der Waals surface area (Å²) in [5.41, 5.74) is 6.49. The summed E-state index contributed by atoms with van der Waals surface area (Å²) in [6.07, 6.45) is 5.55. The van der Waals surface area contributed by atoms with Crippen LogP contribution in [0, 0.1) is 0 Å². The third-order valence-electron chi connectivity index (χ3n) is 5.81. The van der Waals surface area contributed by atoms with E-state index in [4.69, 9.17) is 10.5 Å². The Morgan fingerprint density at radius 3 is 2.42 bits per heavy atom. The lowest BCUT2D eigenvalue weighted by Crippen LogP contribution is -2.67. The molecule has 2 N–H and O–H groups in total. The Labute approximate surface area is 117 Å². The van der Waals surface area contributed by atoms with E-state index in [0.717, 1.165) is 31.8 Å². The van der Waals surface area contributed by atoms with Crippen LogP contribution in [0.5, 0.6) is 0 Å². The predicted octanol–water partition coefficient (Wildman–Crippen LogP) is 1.05. The highest BCUT2D eigenvalue weighted by Gasteiger charge is 2.50. The van der Waals surface area contributed by atoms with E-state index < -0.39 is 0 Å². The summed E-state index contributed by atoms with van der Waals surface area (Å²) >= 11 is 0. The van der Waals surface area contributed by atoms with Gasteiger partial charge in [-0.15, -0.1) is 0 Å². The van der Waals surface area contributed by atoms with Crippen LogP contribution in [0.15, 0.2) is 0 Å². The maximum atomic E-state index is 6.27. The van der Waals surface area contributed by atoms with Crippen LogP contribution in [0.3, 0.4) is 0 Å². The Morgan fingerprint density at radius 2 is 1.84 bits per heavy atom. The Hall–Kier alpha value is -0.160. The Kier molecular flexibility index (Phi) is 3.63. The molecule has 0 saturated carbocycles. The van der Waals surface area contributed by atoms with E-state index in [1.54, 1.807) is 0 Å². The zero-order valence-electron chi connectivity index (χ0n) is 12.6. The minimum absolute atomic E-state index is 0.218. The van der Waals surface area contributed by atoms with Crippen molar-refractivity contribution in [1.82, 2.24) is 9.80 Å². The first-order valence-electron chi connectivity index (χ1n) is 7.86. The maximum Gasteiger partial charge on any atom is 0.0675 e. The van der Waals surface area contributed by atoms with Crippen LogP contribution in [0.2, 0.25) is 0 Å². The molecule has 3 aliphatic rings. The summed E-state index contributed by atoms with van der Waals surface area (Å²) in [5, 5.41) is 0. The number of nitrogens with zero attached hydrogens (tertiary/aromatic N) is 2. The van der Waals surface area contributed by atoms with Crippen LogP contribution in [0.4, 0.5) is 0 Å².